The maximum Gasteiger partial charge on any atom is 0.145 e. The molecule has 1 aromatic rings. The van der Waals surface area contributed by atoms with Gasteiger partial charge in [-0.05, 0) is 12.5 Å². The summed E-state index contributed by atoms with van der Waals surface area (Å²) in [5.74, 6) is 0.466. The van der Waals surface area contributed by atoms with Gasteiger partial charge in [-0.15, -0.1) is 0 Å². The molecule has 0 aromatic carbocycles. The van der Waals surface area contributed by atoms with Gasteiger partial charge in [-0.25, -0.2) is 9.97 Å². The molecule has 11 heavy (non-hydrogen) atoms. The highest BCUT2D eigenvalue weighted by Crippen LogP contribution is 2.11. The Kier molecular flexibility index (Phi) is 2.56. The molecule has 0 radical (unpaired) electrons. The fraction of sp³-hybridized carbons (Fsp3) is 0.375. The third-order valence-electron chi connectivity index (χ3n) is 1.46. The first-order chi connectivity index (χ1) is 5.38. The summed E-state index contributed by atoms with van der Waals surface area (Å²) in [6.45, 7) is 1.95. The van der Waals surface area contributed by atoms with Crippen molar-refractivity contribution in [3.8, 4) is 6.07 Å². The number of rotatable bonds is 2. The lowest BCUT2D eigenvalue weighted by Crippen LogP contribution is -1.99. The van der Waals surface area contributed by atoms with Crippen molar-refractivity contribution < 1.29 is 0 Å². The molecule has 0 aliphatic carbocycles. The minimum absolute atomic E-state index is 0.156. The highest BCUT2D eigenvalue weighted by molar-refractivity contribution is 5.06. The Labute approximate surface area is 65.7 Å². The molecule has 1 heterocycles. The summed E-state index contributed by atoms with van der Waals surface area (Å²) in [6, 6.07) is 3.89. The molecule has 0 saturated heterocycles. The molecule has 1 aromatic heterocycles. The van der Waals surface area contributed by atoms with Crippen LogP contribution in [0.5, 0.6) is 0 Å². The molecule has 0 fully saturated rings. The quantitative estimate of drug-likeness (QED) is 0.636. The van der Waals surface area contributed by atoms with Crippen molar-refractivity contribution in [2.24, 2.45) is 0 Å². The first-order valence-electron chi connectivity index (χ1n) is 3.55. The topological polar surface area (TPSA) is 49.6 Å². The molecule has 0 N–H and O–H groups in total. The molecule has 0 bridgehead atoms. The van der Waals surface area contributed by atoms with Gasteiger partial charge in [-0.3, -0.25) is 0 Å². The maximum atomic E-state index is 8.65. The zero-order valence-corrected chi connectivity index (χ0v) is 6.36. The van der Waals surface area contributed by atoms with Crippen molar-refractivity contribution in [2.75, 3.05) is 0 Å². The molecular formula is C8H9N3. The van der Waals surface area contributed by atoms with Crippen molar-refractivity contribution in [3.63, 3.8) is 0 Å². The van der Waals surface area contributed by atoms with E-state index in [-0.39, 0.29) is 5.92 Å². The molecule has 0 aliphatic heterocycles. The summed E-state index contributed by atoms with van der Waals surface area (Å²) in [5, 5.41) is 8.65. The van der Waals surface area contributed by atoms with E-state index in [4.69, 9.17) is 5.26 Å². The van der Waals surface area contributed by atoms with Crippen LogP contribution in [0.1, 0.15) is 25.1 Å². The predicted octanol–water partition coefficient (Wildman–Crippen LogP) is 1.49. The van der Waals surface area contributed by atoms with Gasteiger partial charge < -0.3 is 0 Å². The fourth-order valence-corrected chi connectivity index (χ4v) is 0.822. The normalized spacial score (nSPS) is 12.0. The Hall–Kier alpha value is -1.43. The first kappa shape index (κ1) is 7.67. The second-order valence-corrected chi connectivity index (χ2v) is 2.20. The van der Waals surface area contributed by atoms with Gasteiger partial charge in [0.1, 0.15) is 11.7 Å². The van der Waals surface area contributed by atoms with Gasteiger partial charge in [0.05, 0.1) is 6.07 Å². The van der Waals surface area contributed by atoms with E-state index in [1.165, 1.54) is 0 Å². The maximum absolute atomic E-state index is 8.65. The lowest BCUT2D eigenvalue weighted by Gasteiger charge is -2.01. The molecule has 0 spiro atoms. The molecule has 1 unspecified atom stereocenters. The average Bonchev–Trinajstić information content (AvgIpc) is 2.09. The van der Waals surface area contributed by atoms with Gasteiger partial charge in [0.15, 0.2) is 0 Å². The summed E-state index contributed by atoms with van der Waals surface area (Å²) in [5.41, 5.74) is 0. The molecule has 0 amide bonds. The smallest absolute Gasteiger partial charge is 0.145 e. The third-order valence-corrected chi connectivity index (χ3v) is 1.46. The molecule has 3 heteroatoms. The van der Waals surface area contributed by atoms with E-state index in [0.29, 0.717) is 5.82 Å². The van der Waals surface area contributed by atoms with E-state index >= 15 is 0 Å². The highest BCUT2D eigenvalue weighted by atomic mass is 14.9. The van der Waals surface area contributed by atoms with Crippen molar-refractivity contribution in [1.29, 1.82) is 5.26 Å². The first-order valence-corrected chi connectivity index (χ1v) is 3.55. The lowest BCUT2D eigenvalue weighted by atomic mass is 10.1. The van der Waals surface area contributed by atoms with Crippen LogP contribution in [0.15, 0.2) is 18.5 Å². The van der Waals surface area contributed by atoms with E-state index < -0.39 is 0 Å². The van der Waals surface area contributed by atoms with E-state index in [1.54, 1.807) is 18.5 Å². The lowest BCUT2D eigenvalue weighted by molar-refractivity contribution is 0.750. The van der Waals surface area contributed by atoms with Crippen LogP contribution in [-0.4, -0.2) is 9.97 Å². The van der Waals surface area contributed by atoms with Crippen LogP contribution in [-0.2, 0) is 0 Å². The second-order valence-electron chi connectivity index (χ2n) is 2.20. The SMILES string of the molecule is CCC(C#N)c1ncccn1. The zero-order valence-electron chi connectivity index (χ0n) is 6.36. The number of nitrogens with zero attached hydrogens (tertiary/aromatic N) is 3. The molecule has 1 rings (SSSR count). The minimum atomic E-state index is -0.156. The average molecular weight is 147 g/mol. The predicted molar refractivity (Wildman–Crippen MR) is 40.7 cm³/mol. The van der Waals surface area contributed by atoms with Gasteiger partial charge in [0.25, 0.3) is 0 Å². The van der Waals surface area contributed by atoms with Gasteiger partial charge in [0.2, 0.25) is 0 Å². The van der Waals surface area contributed by atoms with E-state index in [2.05, 4.69) is 16.0 Å². The standard InChI is InChI=1S/C8H9N3/c1-2-7(6-9)8-10-4-3-5-11-8/h3-5,7H,2H2,1H3. The summed E-state index contributed by atoms with van der Waals surface area (Å²) in [7, 11) is 0. The number of aromatic nitrogens is 2. The number of hydrogen-bond donors (Lipinski definition) is 0. The minimum Gasteiger partial charge on any atom is -0.240 e. The van der Waals surface area contributed by atoms with Gasteiger partial charge in [0, 0.05) is 12.4 Å². The van der Waals surface area contributed by atoms with Crippen LogP contribution in [0.2, 0.25) is 0 Å². The van der Waals surface area contributed by atoms with Crippen LogP contribution >= 0.6 is 0 Å². The van der Waals surface area contributed by atoms with Crippen LogP contribution in [0.3, 0.4) is 0 Å². The van der Waals surface area contributed by atoms with Crippen molar-refractivity contribution in [1.82, 2.24) is 9.97 Å². The van der Waals surface area contributed by atoms with Crippen molar-refractivity contribution >= 4 is 0 Å². The van der Waals surface area contributed by atoms with Crippen molar-refractivity contribution in [3.05, 3.63) is 24.3 Å². The number of nitriles is 1. The Balaban J connectivity index is 2.85. The van der Waals surface area contributed by atoms with E-state index in [1.807, 2.05) is 6.92 Å². The largest absolute Gasteiger partial charge is 0.240 e. The van der Waals surface area contributed by atoms with Gasteiger partial charge >= 0.3 is 0 Å². The van der Waals surface area contributed by atoms with Crippen LogP contribution in [0.25, 0.3) is 0 Å². The van der Waals surface area contributed by atoms with Crippen molar-refractivity contribution in [2.45, 2.75) is 19.3 Å². The summed E-state index contributed by atoms with van der Waals surface area (Å²) in [4.78, 5) is 7.97. The Morgan fingerprint density at radius 1 is 1.55 bits per heavy atom. The highest BCUT2D eigenvalue weighted by Gasteiger charge is 2.08. The molecule has 56 valence electrons. The van der Waals surface area contributed by atoms with Crippen LogP contribution < -0.4 is 0 Å². The Morgan fingerprint density at radius 3 is 2.64 bits per heavy atom. The molecule has 3 nitrogen and oxygen atoms in total. The Bertz CT molecular complexity index is 250. The monoisotopic (exact) mass is 147 g/mol. The van der Waals surface area contributed by atoms with Gasteiger partial charge in [-0.2, -0.15) is 5.26 Å². The van der Waals surface area contributed by atoms with Gasteiger partial charge in [-0.1, -0.05) is 6.92 Å². The zero-order chi connectivity index (χ0) is 8.10. The van der Waals surface area contributed by atoms with E-state index in [0.717, 1.165) is 6.42 Å². The summed E-state index contributed by atoms with van der Waals surface area (Å²) >= 11 is 0. The second kappa shape index (κ2) is 3.67. The summed E-state index contributed by atoms with van der Waals surface area (Å²) in [6.07, 6.45) is 4.07. The molecule has 0 aliphatic rings. The molecule has 0 saturated carbocycles. The Morgan fingerprint density at radius 2 is 2.18 bits per heavy atom. The molecule has 1 atom stereocenters. The molecular weight excluding hydrogens is 138 g/mol. The van der Waals surface area contributed by atoms with Crippen LogP contribution in [0.4, 0.5) is 0 Å². The van der Waals surface area contributed by atoms with Crippen LogP contribution in [0, 0.1) is 11.3 Å². The number of hydrogen-bond acceptors (Lipinski definition) is 3. The van der Waals surface area contributed by atoms with E-state index in [9.17, 15) is 0 Å². The third kappa shape index (κ3) is 1.74. The fourth-order valence-electron chi connectivity index (χ4n) is 0.822. The summed E-state index contributed by atoms with van der Waals surface area (Å²) < 4.78 is 0.